The minimum atomic E-state index is -0.203. The summed E-state index contributed by atoms with van der Waals surface area (Å²) in [4.78, 5) is 23.6. The van der Waals surface area contributed by atoms with Crippen molar-refractivity contribution in [2.45, 2.75) is 25.7 Å². The molecule has 0 bridgehead atoms. The van der Waals surface area contributed by atoms with Crippen LogP contribution in [0.5, 0.6) is 11.5 Å². The van der Waals surface area contributed by atoms with Gasteiger partial charge in [0, 0.05) is 12.8 Å². The fraction of sp³-hybridized carbons (Fsp3) is 0.273. The maximum absolute atomic E-state index is 11.8. The van der Waals surface area contributed by atoms with Gasteiger partial charge in [0.05, 0.1) is 26.6 Å². The Balaban J connectivity index is 1.60. The number of ether oxygens (including phenoxy) is 2. The Bertz CT molecular complexity index is 823. The fourth-order valence-electron chi connectivity index (χ4n) is 2.48. The first-order valence-electron chi connectivity index (χ1n) is 9.52. The zero-order valence-electron chi connectivity index (χ0n) is 17.1. The van der Waals surface area contributed by atoms with Crippen LogP contribution in [0.15, 0.2) is 58.7 Å². The van der Waals surface area contributed by atoms with E-state index >= 15 is 0 Å². The Hall–Kier alpha value is -3.68. The van der Waals surface area contributed by atoms with E-state index in [4.69, 9.17) is 9.47 Å². The fourth-order valence-corrected chi connectivity index (χ4v) is 2.48. The van der Waals surface area contributed by atoms with E-state index < -0.39 is 0 Å². The second-order valence-corrected chi connectivity index (χ2v) is 6.35. The molecule has 0 atom stereocenters. The van der Waals surface area contributed by atoms with Gasteiger partial charge < -0.3 is 9.47 Å². The standard InChI is InChI=1S/C22H26N4O4/c1-29-19-9-5-7-17(13-19)15-23-25-21(27)11-3-4-12-22(28)26-24-16-18-8-6-10-20(14-18)30-2/h5-10,13-16H,3-4,11-12H2,1-2H3,(H,25,27)(H,26,28)/b23-15+,24-16+. The Morgan fingerprint density at radius 1 is 0.800 bits per heavy atom. The van der Waals surface area contributed by atoms with E-state index in [1.165, 1.54) is 0 Å². The van der Waals surface area contributed by atoms with Gasteiger partial charge in [0.1, 0.15) is 11.5 Å². The lowest BCUT2D eigenvalue weighted by Gasteiger charge is -2.02. The summed E-state index contributed by atoms with van der Waals surface area (Å²) in [7, 11) is 3.18. The highest BCUT2D eigenvalue weighted by molar-refractivity contribution is 5.83. The normalized spacial score (nSPS) is 10.9. The number of hydrazone groups is 2. The number of hydrogen-bond acceptors (Lipinski definition) is 6. The third kappa shape index (κ3) is 8.55. The topological polar surface area (TPSA) is 101 Å². The molecule has 0 saturated carbocycles. The van der Waals surface area contributed by atoms with Crippen LogP contribution < -0.4 is 20.3 Å². The molecule has 0 aliphatic rings. The highest BCUT2D eigenvalue weighted by Gasteiger charge is 2.03. The zero-order valence-corrected chi connectivity index (χ0v) is 17.1. The Morgan fingerprint density at radius 2 is 1.23 bits per heavy atom. The van der Waals surface area contributed by atoms with E-state index in [1.807, 2.05) is 48.5 Å². The summed E-state index contributed by atoms with van der Waals surface area (Å²) in [5.74, 6) is 1.03. The second kappa shape index (κ2) is 12.7. The van der Waals surface area contributed by atoms with Gasteiger partial charge in [0.25, 0.3) is 0 Å². The predicted octanol–water partition coefficient (Wildman–Crippen LogP) is 2.86. The summed E-state index contributed by atoms with van der Waals surface area (Å²) < 4.78 is 10.3. The molecule has 0 fully saturated rings. The van der Waals surface area contributed by atoms with E-state index in [9.17, 15) is 9.59 Å². The summed E-state index contributed by atoms with van der Waals surface area (Å²) in [6, 6.07) is 14.7. The molecule has 0 aromatic heterocycles. The van der Waals surface area contributed by atoms with Gasteiger partial charge in [0.15, 0.2) is 0 Å². The number of nitrogens with zero attached hydrogens (tertiary/aromatic N) is 2. The second-order valence-electron chi connectivity index (χ2n) is 6.35. The summed E-state index contributed by atoms with van der Waals surface area (Å²) >= 11 is 0. The summed E-state index contributed by atoms with van der Waals surface area (Å²) in [5.41, 5.74) is 6.59. The van der Waals surface area contributed by atoms with Crippen molar-refractivity contribution in [1.29, 1.82) is 0 Å². The number of unbranched alkanes of at least 4 members (excludes halogenated alkanes) is 1. The molecular weight excluding hydrogens is 384 g/mol. The van der Waals surface area contributed by atoms with E-state index in [-0.39, 0.29) is 24.7 Å². The van der Waals surface area contributed by atoms with Gasteiger partial charge in [0.2, 0.25) is 11.8 Å². The van der Waals surface area contributed by atoms with Crippen molar-refractivity contribution >= 4 is 24.2 Å². The molecular formula is C22H26N4O4. The third-order valence-electron chi connectivity index (χ3n) is 4.05. The highest BCUT2D eigenvalue weighted by atomic mass is 16.5. The number of carbonyl (C=O) groups is 2. The van der Waals surface area contributed by atoms with Crippen molar-refractivity contribution in [2.75, 3.05) is 14.2 Å². The number of amides is 2. The van der Waals surface area contributed by atoms with E-state index in [0.717, 1.165) is 22.6 Å². The molecule has 2 aromatic carbocycles. The van der Waals surface area contributed by atoms with Crippen LogP contribution in [0.4, 0.5) is 0 Å². The lowest BCUT2D eigenvalue weighted by Crippen LogP contribution is -2.19. The van der Waals surface area contributed by atoms with Crippen molar-refractivity contribution in [3.63, 3.8) is 0 Å². The van der Waals surface area contributed by atoms with Crippen LogP contribution >= 0.6 is 0 Å². The van der Waals surface area contributed by atoms with Crippen molar-refractivity contribution in [2.24, 2.45) is 10.2 Å². The van der Waals surface area contributed by atoms with Gasteiger partial charge >= 0.3 is 0 Å². The molecule has 8 heteroatoms. The summed E-state index contributed by atoms with van der Waals surface area (Å²) in [5, 5.41) is 7.85. The van der Waals surface area contributed by atoms with Gasteiger partial charge in [-0.2, -0.15) is 10.2 Å². The minimum Gasteiger partial charge on any atom is -0.497 e. The van der Waals surface area contributed by atoms with Gasteiger partial charge in [-0.05, 0) is 48.2 Å². The van der Waals surface area contributed by atoms with Crippen molar-refractivity contribution in [3.8, 4) is 11.5 Å². The quantitative estimate of drug-likeness (QED) is 0.338. The van der Waals surface area contributed by atoms with Crippen LogP contribution in [-0.2, 0) is 9.59 Å². The van der Waals surface area contributed by atoms with Crippen molar-refractivity contribution in [3.05, 3.63) is 59.7 Å². The molecule has 0 unspecified atom stereocenters. The first kappa shape index (κ1) is 22.6. The summed E-state index contributed by atoms with van der Waals surface area (Å²) in [6.07, 6.45) is 4.83. The molecule has 0 radical (unpaired) electrons. The van der Waals surface area contributed by atoms with Crippen molar-refractivity contribution < 1.29 is 19.1 Å². The van der Waals surface area contributed by atoms with Crippen LogP contribution in [-0.4, -0.2) is 38.5 Å². The first-order chi connectivity index (χ1) is 14.6. The number of rotatable bonds is 11. The highest BCUT2D eigenvalue weighted by Crippen LogP contribution is 2.11. The molecule has 0 saturated heterocycles. The average molecular weight is 410 g/mol. The Morgan fingerprint density at radius 3 is 1.63 bits per heavy atom. The van der Waals surface area contributed by atoms with E-state index in [0.29, 0.717) is 12.8 Å². The number of carbonyl (C=O) groups excluding carboxylic acids is 2. The predicted molar refractivity (Wildman–Crippen MR) is 116 cm³/mol. The summed E-state index contributed by atoms with van der Waals surface area (Å²) in [6.45, 7) is 0. The van der Waals surface area contributed by atoms with Gasteiger partial charge in [-0.3, -0.25) is 9.59 Å². The van der Waals surface area contributed by atoms with E-state index in [1.54, 1.807) is 26.6 Å². The molecule has 2 aromatic rings. The zero-order chi connectivity index (χ0) is 21.6. The number of benzene rings is 2. The molecule has 2 amide bonds. The Kier molecular flexibility index (Phi) is 9.58. The molecule has 0 aliphatic heterocycles. The number of hydrogen-bond donors (Lipinski definition) is 2. The Labute approximate surface area is 176 Å². The molecule has 30 heavy (non-hydrogen) atoms. The lowest BCUT2D eigenvalue weighted by atomic mass is 10.2. The number of methoxy groups -OCH3 is 2. The largest absolute Gasteiger partial charge is 0.497 e. The molecule has 2 N–H and O–H groups in total. The average Bonchev–Trinajstić information content (AvgIpc) is 2.77. The van der Waals surface area contributed by atoms with Crippen LogP contribution in [0.2, 0.25) is 0 Å². The monoisotopic (exact) mass is 410 g/mol. The maximum Gasteiger partial charge on any atom is 0.240 e. The van der Waals surface area contributed by atoms with Crippen LogP contribution in [0.3, 0.4) is 0 Å². The molecule has 158 valence electrons. The lowest BCUT2D eigenvalue weighted by molar-refractivity contribution is -0.123. The smallest absolute Gasteiger partial charge is 0.240 e. The molecule has 8 nitrogen and oxygen atoms in total. The van der Waals surface area contributed by atoms with E-state index in [2.05, 4.69) is 21.1 Å². The first-order valence-corrected chi connectivity index (χ1v) is 9.52. The van der Waals surface area contributed by atoms with Crippen LogP contribution in [0.25, 0.3) is 0 Å². The number of nitrogens with one attached hydrogen (secondary N) is 2. The van der Waals surface area contributed by atoms with Gasteiger partial charge in [-0.1, -0.05) is 24.3 Å². The molecule has 0 spiro atoms. The van der Waals surface area contributed by atoms with Crippen molar-refractivity contribution in [1.82, 2.24) is 10.9 Å². The third-order valence-corrected chi connectivity index (χ3v) is 4.05. The minimum absolute atomic E-state index is 0.203. The molecule has 0 aliphatic carbocycles. The molecule has 0 heterocycles. The van der Waals surface area contributed by atoms with Gasteiger partial charge in [-0.15, -0.1) is 0 Å². The molecule has 2 rings (SSSR count). The maximum atomic E-state index is 11.8. The van der Waals surface area contributed by atoms with Crippen LogP contribution in [0, 0.1) is 0 Å². The van der Waals surface area contributed by atoms with Gasteiger partial charge in [-0.25, -0.2) is 10.9 Å². The van der Waals surface area contributed by atoms with Crippen LogP contribution in [0.1, 0.15) is 36.8 Å². The SMILES string of the molecule is COc1cccc(/C=N/NC(=O)CCCCC(=O)N/N=C/c2cccc(OC)c2)c1.